The van der Waals surface area contributed by atoms with Gasteiger partial charge in [-0.3, -0.25) is 4.90 Å². The second-order valence-electron chi connectivity index (χ2n) is 3.53. The van der Waals surface area contributed by atoms with Crippen molar-refractivity contribution in [2.75, 3.05) is 13.1 Å². The van der Waals surface area contributed by atoms with Crippen LogP contribution in [0.25, 0.3) is 0 Å². The number of hydrogen-bond donors (Lipinski definition) is 0. The Hall–Kier alpha value is -0.560. The lowest BCUT2D eigenvalue weighted by Crippen LogP contribution is -2.28. The van der Waals surface area contributed by atoms with Crippen LogP contribution >= 0.6 is 0 Å². The molecule has 0 saturated carbocycles. The fraction of sp³-hybridized carbons (Fsp3) is 0.600. The van der Waals surface area contributed by atoms with Gasteiger partial charge >= 0.3 is 0 Å². The van der Waals surface area contributed by atoms with E-state index in [2.05, 4.69) is 38.3 Å². The first-order chi connectivity index (χ1) is 5.11. The molecule has 1 aliphatic rings. The van der Waals surface area contributed by atoms with E-state index in [0.717, 1.165) is 13.1 Å². The van der Waals surface area contributed by atoms with Crippen LogP contribution in [-0.4, -0.2) is 24.0 Å². The van der Waals surface area contributed by atoms with Crippen LogP contribution in [0.1, 0.15) is 20.8 Å². The Kier molecular flexibility index (Phi) is 2.50. The molecule has 0 aromatic carbocycles. The average Bonchev–Trinajstić information content (AvgIpc) is 2.33. The standard InChI is InChI=1S/C10H17N/c1-8(2)10-5-6-11(7-10)9(3)4/h5,9H,1,6-7H2,2-4H3. The zero-order valence-corrected chi connectivity index (χ0v) is 7.72. The maximum Gasteiger partial charge on any atom is 0.0239 e. The second-order valence-corrected chi connectivity index (χ2v) is 3.53. The lowest BCUT2D eigenvalue weighted by atomic mass is 10.1. The third kappa shape index (κ3) is 1.93. The highest BCUT2D eigenvalue weighted by Gasteiger charge is 2.16. The van der Waals surface area contributed by atoms with Crippen molar-refractivity contribution in [1.82, 2.24) is 4.90 Å². The molecule has 0 fully saturated rings. The molecule has 0 aromatic rings. The van der Waals surface area contributed by atoms with Gasteiger partial charge in [0.15, 0.2) is 0 Å². The lowest BCUT2D eigenvalue weighted by molar-refractivity contribution is 0.285. The molecule has 0 saturated heterocycles. The van der Waals surface area contributed by atoms with Crippen molar-refractivity contribution in [2.45, 2.75) is 26.8 Å². The van der Waals surface area contributed by atoms with Crippen LogP contribution in [0.3, 0.4) is 0 Å². The monoisotopic (exact) mass is 151 g/mol. The normalized spacial score (nSPS) is 19.1. The van der Waals surface area contributed by atoms with Gasteiger partial charge in [-0.2, -0.15) is 0 Å². The van der Waals surface area contributed by atoms with Crippen molar-refractivity contribution in [2.24, 2.45) is 0 Å². The number of rotatable bonds is 2. The molecule has 0 radical (unpaired) electrons. The van der Waals surface area contributed by atoms with Crippen LogP contribution in [0.5, 0.6) is 0 Å². The predicted molar refractivity (Wildman–Crippen MR) is 49.6 cm³/mol. The van der Waals surface area contributed by atoms with Crippen LogP contribution < -0.4 is 0 Å². The molecule has 0 aromatic heterocycles. The van der Waals surface area contributed by atoms with Crippen molar-refractivity contribution in [3.8, 4) is 0 Å². The molecule has 0 spiro atoms. The van der Waals surface area contributed by atoms with Gasteiger partial charge in [0.05, 0.1) is 0 Å². The highest BCUT2D eigenvalue weighted by atomic mass is 15.2. The smallest absolute Gasteiger partial charge is 0.0239 e. The fourth-order valence-electron chi connectivity index (χ4n) is 1.28. The number of nitrogens with zero attached hydrogens (tertiary/aromatic N) is 1. The van der Waals surface area contributed by atoms with Crippen molar-refractivity contribution in [3.05, 3.63) is 23.8 Å². The molecule has 0 aliphatic carbocycles. The summed E-state index contributed by atoms with van der Waals surface area (Å²) in [5.74, 6) is 0. The molecule has 0 atom stereocenters. The summed E-state index contributed by atoms with van der Waals surface area (Å²) in [6, 6.07) is 0.656. The molecule has 62 valence electrons. The Balaban J connectivity index is 2.49. The Labute approximate surface area is 69.4 Å². The molecule has 1 nitrogen and oxygen atoms in total. The summed E-state index contributed by atoms with van der Waals surface area (Å²) in [6.07, 6.45) is 2.28. The molecular formula is C10H17N. The van der Waals surface area contributed by atoms with Crippen molar-refractivity contribution >= 4 is 0 Å². The quantitative estimate of drug-likeness (QED) is 0.585. The van der Waals surface area contributed by atoms with Gasteiger partial charge in [0.1, 0.15) is 0 Å². The summed E-state index contributed by atoms with van der Waals surface area (Å²) >= 11 is 0. The summed E-state index contributed by atoms with van der Waals surface area (Å²) in [5, 5.41) is 0. The van der Waals surface area contributed by atoms with E-state index in [1.165, 1.54) is 11.1 Å². The van der Waals surface area contributed by atoms with Gasteiger partial charge in [-0.25, -0.2) is 0 Å². The van der Waals surface area contributed by atoms with Crippen LogP contribution in [0.4, 0.5) is 0 Å². The van der Waals surface area contributed by atoms with Gasteiger partial charge in [-0.05, 0) is 26.3 Å². The highest BCUT2D eigenvalue weighted by Crippen LogP contribution is 2.17. The molecule has 1 heterocycles. The van der Waals surface area contributed by atoms with Crippen molar-refractivity contribution < 1.29 is 0 Å². The third-order valence-electron chi connectivity index (χ3n) is 2.22. The van der Waals surface area contributed by atoms with Crippen LogP contribution in [0.2, 0.25) is 0 Å². The molecule has 0 N–H and O–H groups in total. The van der Waals surface area contributed by atoms with Gasteiger partial charge in [0, 0.05) is 19.1 Å². The van der Waals surface area contributed by atoms with Crippen LogP contribution in [-0.2, 0) is 0 Å². The van der Waals surface area contributed by atoms with E-state index >= 15 is 0 Å². The van der Waals surface area contributed by atoms with E-state index in [4.69, 9.17) is 0 Å². The molecule has 1 heteroatoms. The van der Waals surface area contributed by atoms with Gasteiger partial charge in [-0.1, -0.05) is 18.2 Å². The Morgan fingerprint density at radius 1 is 1.64 bits per heavy atom. The first-order valence-corrected chi connectivity index (χ1v) is 4.20. The highest BCUT2D eigenvalue weighted by molar-refractivity contribution is 5.31. The third-order valence-corrected chi connectivity index (χ3v) is 2.22. The van der Waals surface area contributed by atoms with Crippen molar-refractivity contribution in [1.29, 1.82) is 0 Å². The Morgan fingerprint density at radius 2 is 2.27 bits per heavy atom. The van der Waals surface area contributed by atoms with Gasteiger partial charge < -0.3 is 0 Å². The summed E-state index contributed by atoms with van der Waals surface area (Å²) in [4.78, 5) is 2.43. The first kappa shape index (κ1) is 8.54. The summed E-state index contributed by atoms with van der Waals surface area (Å²) in [6.45, 7) is 12.7. The lowest BCUT2D eigenvalue weighted by Gasteiger charge is -2.20. The van der Waals surface area contributed by atoms with E-state index in [0.29, 0.717) is 6.04 Å². The summed E-state index contributed by atoms with van der Waals surface area (Å²) in [5.41, 5.74) is 2.63. The molecule has 0 bridgehead atoms. The molecule has 0 amide bonds. The van der Waals surface area contributed by atoms with E-state index < -0.39 is 0 Å². The van der Waals surface area contributed by atoms with Crippen LogP contribution in [0, 0.1) is 0 Å². The Bertz CT molecular complexity index is 189. The summed E-state index contributed by atoms with van der Waals surface area (Å²) < 4.78 is 0. The zero-order valence-electron chi connectivity index (χ0n) is 7.72. The summed E-state index contributed by atoms with van der Waals surface area (Å²) in [7, 11) is 0. The zero-order chi connectivity index (χ0) is 8.43. The molecule has 1 aliphatic heterocycles. The van der Waals surface area contributed by atoms with E-state index in [1.54, 1.807) is 0 Å². The van der Waals surface area contributed by atoms with Gasteiger partial charge in [-0.15, -0.1) is 0 Å². The van der Waals surface area contributed by atoms with Crippen molar-refractivity contribution in [3.63, 3.8) is 0 Å². The average molecular weight is 151 g/mol. The van der Waals surface area contributed by atoms with E-state index in [-0.39, 0.29) is 0 Å². The minimum Gasteiger partial charge on any atom is -0.293 e. The minimum atomic E-state index is 0.656. The SMILES string of the molecule is C=C(C)C1=CCN(C(C)C)C1. The topological polar surface area (TPSA) is 3.24 Å². The Morgan fingerprint density at radius 3 is 2.55 bits per heavy atom. The van der Waals surface area contributed by atoms with Gasteiger partial charge in [0.25, 0.3) is 0 Å². The first-order valence-electron chi connectivity index (χ1n) is 4.20. The second kappa shape index (κ2) is 3.22. The minimum absolute atomic E-state index is 0.656. The fourth-order valence-corrected chi connectivity index (χ4v) is 1.28. The van der Waals surface area contributed by atoms with E-state index in [1.807, 2.05) is 0 Å². The van der Waals surface area contributed by atoms with E-state index in [9.17, 15) is 0 Å². The maximum atomic E-state index is 3.94. The largest absolute Gasteiger partial charge is 0.293 e. The molecule has 0 unspecified atom stereocenters. The maximum absolute atomic E-state index is 3.94. The molecular weight excluding hydrogens is 134 g/mol. The van der Waals surface area contributed by atoms with Crippen LogP contribution in [0.15, 0.2) is 23.8 Å². The molecule has 1 rings (SSSR count). The van der Waals surface area contributed by atoms with Gasteiger partial charge in [0.2, 0.25) is 0 Å². The molecule has 11 heavy (non-hydrogen) atoms. The predicted octanol–water partition coefficient (Wildman–Crippen LogP) is 2.21. The number of hydrogen-bond acceptors (Lipinski definition) is 1.